The SMILES string of the molecule is CCCN=C(NN)c1ccc(CC)s1. The van der Waals surface area contributed by atoms with Crippen LogP contribution in [0.5, 0.6) is 0 Å². The Hall–Kier alpha value is -0.870. The van der Waals surface area contributed by atoms with Crippen LogP contribution in [0.25, 0.3) is 0 Å². The van der Waals surface area contributed by atoms with Gasteiger partial charge in [-0.2, -0.15) is 0 Å². The van der Waals surface area contributed by atoms with Crippen LogP contribution in [0.15, 0.2) is 17.1 Å². The molecule has 14 heavy (non-hydrogen) atoms. The van der Waals surface area contributed by atoms with Gasteiger partial charge in [0.15, 0.2) is 5.84 Å². The highest BCUT2D eigenvalue weighted by atomic mass is 32.1. The van der Waals surface area contributed by atoms with E-state index in [2.05, 4.69) is 36.4 Å². The average Bonchev–Trinajstić information content (AvgIpc) is 2.68. The summed E-state index contributed by atoms with van der Waals surface area (Å²) in [5.41, 5.74) is 2.65. The zero-order valence-corrected chi connectivity index (χ0v) is 9.53. The Labute approximate surface area is 89.0 Å². The molecule has 0 aliphatic carbocycles. The highest BCUT2D eigenvalue weighted by Crippen LogP contribution is 2.16. The Balaban J connectivity index is 2.78. The van der Waals surface area contributed by atoms with E-state index in [0.29, 0.717) is 0 Å². The van der Waals surface area contributed by atoms with E-state index in [9.17, 15) is 0 Å². The Morgan fingerprint density at radius 1 is 1.50 bits per heavy atom. The fourth-order valence-corrected chi connectivity index (χ4v) is 2.03. The van der Waals surface area contributed by atoms with E-state index in [1.54, 1.807) is 11.3 Å². The number of thiophene rings is 1. The molecule has 0 atom stereocenters. The van der Waals surface area contributed by atoms with Crippen LogP contribution in [-0.2, 0) is 6.42 Å². The minimum Gasteiger partial charge on any atom is -0.308 e. The van der Waals surface area contributed by atoms with Gasteiger partial charge in [-0.15, -0.1) is 11.3 Å². The van der Waals surface area contributed by atoms with Crippen molar-refractivity contribution < 1.29 is 0 Å². The average molecular weight is 211 g/mol. The predicted octanol–water partition coefficient (Wildman–Crippen LogP) is 1.93. The summed E-state index contributed by atoms with van der Waals surface area (Å²) in [4.78, 5) is 6.85. The molecule has 3 nitrogen and oxygen atoms in total. The van der Waals surface area contributed by atoms with Gasteiger partial charge >= 0.3 is 0 Å². The van der Waals surface area contributed by atoms with Crippen LogP contribution in [0, 0.1) is 0 Å². The van der Waals surface area contributed by atoms with E-state index in [4.69, 9.17) is 5.84 Å². The van der Waals surface area contributed by atoms with Gasteiger partial charge in [0.25, 0.3) is 0 Å². The number of nitrogens with zero attached hydrogens (tertiary/aromatic N) is 1. The third-order valence-corrected chi connectivity index (χ3v) is 3.11. The number of nitrogens with two attached hydrogens (primary N) is 1. The van der Waals surface area contributed by atoms with Gasteiger partial charge in [-0.3, -0.25) is 4.99 Å². The predicted molar refractivity (Wildman–Crippen MR) is 62.7 cm³/mol. The number of aliphatic imine (C=N–C) groups is 1. The lowest BCUT2D eigenvalue weighted by Crippen LogP contribution is -2.30. The van der Waals surface area contributed by atoms with Crippen molar-refractivity contribution in [3.63, 3.8) is 0 Å². The first kappa shape index (κ1) is 11.2. The fraction of sp³-hybridized carbons (Fsp3) is 0.500. The summed E-state index contributed by atoms with van der Waals surface area (Å²) in [6, 6.07) is 4.19. The second-order valence-electron chi connectivity index (χ2n) is 2.99. The van der Waals surface area contributed by atoms with Crippen molar-refractivity contribution in [2.75, 3.05) is 6.54 Å². The number of nitrogens with one attached hydrogen (secondary N) is 1. The molecule has 0 saturated carbocycles. The summed E-state index contributed by atoms with van der Waals surface area (Å²) in [5, 5.41) is 0. The lowest BCUT2D eigenvalue weighted by molar-refractivity contribution is 0.909. The highest BCUT2D eigenvalue weighted by molar-refractivity contribution is 7.14. The Morgan fingerprint density at radius 3 is 2.79 bits per heavy atom. The zero-order valence-electron chi connectivity index (χ0n) is 8.71. The van der Waals surface area contributed by atoms with Gasteiger partial charge in [-0.05, 0) is 25.0 Å². The maximum Gasteiger partial charge on any atom is 0.152 e. The van der Waals surface area contributed by atoms with Gasteiger partial charge in [-0.1, -0.05) is 13.8 Å². The lowest BCUT2D eigenvalue weighted by atomic mass is 10.3. The van der Waals surface area contributed by atoms with Crippen LogP contribution in [0.2, 0.25) is 0 Å². The zero-order chi connectivity index (χ0) is 10.4. The first-order valence-corrected chi connectivity index (χ1v) is 5.73. The number of hydrogen-bond donors (Lipinski definition) is 2. The molecule has 0 unspecified atom stereocenters. The van der Waals surface area contributed by atoms with Gasteiger partial charge in [-0.25, -0.2) is 5.84 Å². The normalized spacial score (nSPS) is 11.8. The molecule has 0 aromatic carbocycles. The van der Waals surface area contributed by atoms with Crippen molar-refractivity contribution in [1.82, 2.24) is 5.43 Å². The summed E-state index contributed by atoms with van der Waals surface area (Å²) >= 11 is 1.74. The number of hydrazine groups is 1. The molecule has 1 rings (SSSR count). The van der Waals surface area contributed by atoms with Crippen LogP contribution in [0.4, 0.5) is 0 Å². The molecule has 78 valence electrons. The largest absolute Gasteiger partial charge is 0.308 e. The Kier molecular flexibility index (Phi) is 4.62. The molecule has 0 spiro atoms. The topological polar surface area (TPSA) is 50.4 Å². The highest BCUT2D eigenvalue weighted by Gasteiger charge is 2.04. The molecule has 4 heteroatoms. The van der Waals surface area contributed by atoms with E-state index in [-0.39, 0.29) is 0 Å². The smallest absolute Gasteiger partial charge is 0.152 e. The van der Waals surface area contributed by atoms with Crippen molar-refractivity contribution in [2.24, 2.45) is 10.8 Å². The van der Waals surface area contributed by atoms with E-state index in [0.717, 1.165) is 30.1 Å². The van der Waals surface area contributed by atoms with Crippen LogP contribution in [0.3, 0.4) is 0 Å². The summed E-state index contributed by atoms with van der Waals surface area (Å²) in [5.74, 6) is 6.22. The van der Waals surface area contributed by atoms with Crippen molar-refractivity contribution in [3.8, 4) is 0 Å². The molecule has 1 aromatic rings. The Morgan fingerprint density at radius 2 is 2.29 bits per heavy atom. The second-order valence-corrected chi connectivity index (χ2v) is 4.16. The van der Waals surface area contributed by atoms with Crippen molar-refractivity contribution in [3.05, 3.63) is 21.9 Å². The maximum absolute atomic E-state index is 5.42. The monoisotopic (exact) mass is 211 g/mol. The summed E-state index contributed by atoms with van der Waals surface area (Å²) in [7, 11) is 0. The molecule has 1 aromatic heterocycles. The molecule has 0 bridgehead atoms. The standard InChI is InChI=1S/C10H17N3S/c1-3-7-12-10(13-11)9-6-5-8(4-2)14-9/h5-6H,3-4,7,11H2,1-2H3,(H,12,13). The van der Waals surface area contributed by atoms with Gasteiger partial charge in [0.2, 0.25) is 0 Å². The lowest BCUT2D eigenvalue weighted by Gasteiger charge is -2.01. The molecule has 0 saturated heterocycles. The Bertz CT molecular complexity index is 304. The molecule has 0 radical (unpaired) electrons. The van der Waals surface area contributed by atoms with E-state index in [1.165, 1.54) is 4.88 Å². The molecule has 3 N–H and O–H groups in total. The van der Waals surface area contributed by atoms with Crippen LogP contribution in [0.1, 0.15) is 30.0 Å². The number of hydrogen-bond acceptors (Lipinski definition) is 3. The van der Waals surface area contributed by atoms with Gasteiger partial charge in [0.05, 0.1) is 4.88 Å². The molecular formula is C10H17N3S. The molecule has 0 fully saturated rings. The fourth-order valence-electron chi connectivity index (χ4n) is 1.11. The summed E-state index contributed by atoms with van der Waals surface area (Å²) in [6.45, 7) is 5.07. The van der Waals surface area contributed by atoms with Crippen molar-refractivity contribution in [2.45, 2.75) is 26.7 Å². The van der Waals surface area contributed by atoms with Gasteiger partial charge in [0, 0.05) is 11.4 Å². The van der Waals surface area contributed by atoms with Crippen LogP contribution < -0.4 is 11.3 Å². The van der Waals surface area contributed by atoms with Crippen LogP contribution in [-0.4, -0.2) is 12.4 Å². The minimum absolute atomic E-state index is 0.802. The van der Waals surface area contributed by atoms with Crippen LogP contribution >= 0.6 is 11.3 Å². The molecular weight excluding hydrogens is 194 g/mol. The molecule has 0 amide bonds. The number of amidine groups is 1. The minimum atomic E-state index is 0.802. The van der Waals surface area contributed by atoms with E-state index in [1.807, 2.05) is 0 Å². The second kappa shape index (κ2) is 5.78. The van der Waals surface area contributed by atoms with Crippen molar-refractivity contribution in [1.29, 1.82) is 0 Å². The summed E-state index contributed by atoms with van der Waals surface area (Å²) < 4.78 is 0. The maximum atomic E-state index is 5.42. The first-order valence-electron chi connectivity index (χ1n) is 4.92. The van der Waals surface area contributed by atoms with Gasteiger partial charge in [0.1, 0.15) is 0 Å². The van der Waals surface area contributed by atoms with Crippen molar-refractivity contribution >= 4 is 17.2 Å². The molecule has 0 aliphatic heterocycles. The molecule has 0 aliphatic rings. The summed E-state index contributed by atoms with van der Waals surface area (Å²) in [6.07, 6.45) is 2.10. The van der Waals surface area contributed by atoms with E-state index < -0.39 is 0 Å². The number of aryl methyl sites for hydroxylation is 1. The van der Waals surface area contributed by atoms with E-state index >= 15 is 0 Å². The number of rotatable bonds is 4. The third kappa shape index (κ3) is 2.82. The molecule has 1 heterocycles. The quantitative estimate of drug-likeness (QED) is 0.346. The first-order chi connectivity index (χ1) is 6.81. The third-order valence-electron chi connectivity index (χ3n) is 1.87. The van der Waals surface area contributed by atoms with Gasteiger partial charge < -0.3 is 5.43 Å².